The predicted molar refractivity (Wildman–Crippen MR) is 69.2 cm³/mol. The quantitative estimate of drug-likeness (QED) is 0.854. The van der Waals surface area contributed by atoms with Crippen LogP contribution in [0.25, 0.3) is 0 Å². The molecule has 0 spiro atoms. The average Bonchev–Trinajstić information content (AvgIpc) is 2.15. The summed E-state index contributed by atoms with van der Waals surface area (Å²) in [7, 11) is -4.18. The van der Waals surface area contributed by atoms with Gasteiger partial charge < -0.3 is 0 Å². The van der Waals surface area contributed by atoms with Gasteiger partial charge >= 0.3 is 0 Å². The van der Waals surface area contributed by atoms with E-state index >= 15 is 0 Å². The Bertz CT molecular complexity index is 506. The van der Waals surface area contributed by atoms with E-state index in [1.807, 2.05) is 0 Å². The summed E-state index contributed by atoms with van der Waals surface area (Å²) in [5.74, 6) is 0. The third-order valence-electron chi connectivity index (χ3n) is 2.84. The standard InChI is InChI=1S/C12H17ClO3S/c1-4-7-12(2,3)10-6-5-9(8-11(10)13)17(14,15)16/h5-6,8H,4,7H2,1-3H3,(H,14,15,16). The van der Waals surface area contributed by atoms with Gasteiger partial charge in [0.25, 0.3) is 10.1 Å². The van der Waals surface area contributed by atoms with Crippen molar-refractivity contribution in [2.45, 2.75) is 43.9 Å². The van der Waals surface area contributed by atoms with E-state index in [0.29, 0.717) is 5.02 Å². The number of rotatable bonds is 4. The first kappa shape index (κ1) is 14.5. The molecule has 5 heteroatoms. The zero-order valence-electron chi connectivity index (χ0n) is 10.2. The van der Waals surface area contributed by atoms with Gasteiger partial charge in [0.15, 0.2) is 0 Å². The molecule has 0 aliphatic heterocycles. The van der Waals surface area contributed by atoms with Crippen LogP contribution in [-0.4, -0.2) is 13.0 Å². The smallest absolute Gasteiger partial charge is 0.282 e. The summed E-state index contributed by atoms with van der Waals surface area (Å²) in [6.45, 7) is 6.21. The van der Waals surface area contributed by atoms with Gasteiger partial charge in [-0.2, -0.15) is 8.42 Å². The van der Waals surface area contributed by atoms with Crippen molar-refractivity contribution in [3.05, 3.63) is 28.8 Å². The van der Waals surface area contributed by atoms with Gasteiger partial charge in [-0.05, 0) is 29.5 Å². The second-order valence-corrected chi connectivity index (χ2v) is 6.58. The van der Waals surface area contributed by atoms with Crippen molar-refractivity contribution < 1.29 is 13.0 Å². The van der Waals surface area contributed by atoms with E-state index in [0.717, 1.165) is 18.4 Å². The first-order chi connectivity index (χ1) is 7.68. The second-order valence-electron chi connectivity index (χ2n) is 4.75. The molecule has 0 radical (unpaired) electrons. The number of benzene rings is 1. The highest BCUT2D eigenvalue weighted by molar-refractivity contribution is 7.85. The maximum atomic E-state index is 11.0. The molecule has 0 aliphatic carbocycles. The van der Waals surface area contributed by atoms with Crippen molar-refractivity contribution in [1.29, 1.82) is 0 Å². The minimum Gasteiger partial charge on any atom is -0.282 e. The van der Waals surface area contributed by atoms with Crippen LogP contribution in [0.4, 0.5) is 0 Å². The summed E-state index contributed by atoms with van der Waals surface area (Å²) >= 11 is 6.08. The molecule has 0 bridgehead atoms. The van der Waals surface area contributed by atoms with Gasteiger partial charge in [-0.25, -0.2) is 0 Å². The summed E-state index contributed by atoms with van der Waals surface area (Å²) in [6, 6.07) is 4.35. The molecule has 0 saturated carbocycles. The van der Waals surface area contributed by atoms with E-state index in [-0.39, 0.29) is 10.3 Å². The third-order valence-corrected chi connectivity index (χ3v) is 4.00. The van der Waals surface area contributed by atoms with Crippen LogP contribution >= 0.6 is 11.6 Å². The third kappa shape index (κ3) is 3.44. The summed E-state index contributed by atoms with van der Waals surface area (Å²) in [5, 5.41) is 0.374. The Balaban J connectivity index is 3.24. The van der Waals surface area contributed by atoms with Crippen molar-refractivity contribution in [3.63, 3.8) is 0 Å². The Hall–Kier alpha value is -0.580. The monoisotopic (exact) mass is 276 g/mol. The molecular weight excluding hydrogens is 260 g/mol. The zero-order valence-corrected chi connectivity index (χ0v) is 11.8. The summed E-state index contributed by atoms with van der Waals surface area (Å²) < 4.78 is 30.9. The molecule has 1 N–H and O–H groups in total. The van der Waals surface area contributed by atoms with Gasteiger partial charge in [0.2, 0.25) is 0 Å². The molecule has 0 atom stereocenters. The highest BCUT2D eigenvalue weighted by atomic mass is 35.5. The molecule has 96 valence electrons. The van der Waals surface area contributed by atoms with Crippen LogP contribution in [0.5, 0.6) is 0 Å². The Labute approximate surface area is 108 Å². The minimum atomic E-state index is -4.18. The van der Waals surface area contributed by atoms with Crippen molar-refractivity contribution in [1.82, 2.24) is 0 Å². The van der Waals surface area contributed by atoms with E-state index in [4.69, 9.17) is 16.2 Å². The van der Waals surface area contributed by atoms with E-state index in [1.165, 1.54) is 12.1 Å². The number of halogens is 1. The summed E-state index contributed by atoms with van der Waals surface area (Å²) in [6.07, 6.45) is 1.97. The average molecular weight is 277 g/mol. The Kier molecular flexibility index (Phi) is 4.23. The van der Waals surface area contributed by atoms with Crippen LogP contribution in [0.3, 0.4) is 0 Å². The van der Waals surface area contributed by atoms with Crippen LogP contribution in [0.2, 0.25) is 5.02 Å². The lowest BCUT2D eigenvalue weighted by atomic mass is 9.81. The molecule has 17 heavy (non-hydrogen) atoms. The number of hydrogen-bond acceptors (Lipinski definition) is 2. The summed E-state index contributed by atoms with van der Waals surface area (Å²) in [5.41, 5.74) is 0.789. The first-order valence-electron chi connectivity index (χ1n) is 5.46. The minimum absolute atomic E-state index is 0.108. The second kappa shape index (κ2) is 4.96. The van der Waals surface area contributed by atoms with E-state index < -0.39 is 10.1 Å². The fourth-order valence-electron chi connectivity index (χ4n) is 1.96. The van der Waals surface area contributed by atoms with Crippen molar-refractivity contribution >= 4 is 21.7 Å². The molecule has 0 saturated heterocycles. The molecule has 0 heterocycles. The zero-order chi connectivity index (χ0) is 13.3. The van der Waals surface area contributed by atoms with Gasteiger partial charge in [-0.3, -0.25) is 4.55 Å². The van der Waals surface area contributed by atoms with Crippen LogP contribution < -0.4 is 0 Å². The van der Waals surface area contributed by atoms with Gasteiger partial charge in [-0.15, -0.1) is 0 Å². The van der Waals surface area contributed by atoms with E-state index in [1.54, 1.807) is 6.07 Å². The topological polar surface area (TPSA) is 54.4 Å². The largest absolute Gasteiger partial charge is 0.294 e. The van der Waals surface area contributed by atoms with E-state index in [9.17, 15) is 8.42 Å². The van der Waals surface area contributed by atoms with Crippen LogP contribution in [0.1, 0.15) is 39.2 Å². The molecule has 1 rings (SSSR count). The molecule has 0 aromatic heterocycles. The highest BCUT2D eigenvalue weighted by Gasteiger charge is 2.23. The Morgan fingerprint density at radius 3 is 2.35 bits per heavy atom. The fourth-order valence-corrected chi connectivity index (χ4v) is 2.97. The molecular formula is C12H17ClO3S. The van der Waals surface area contributed by atoms with Gasteiger partial charge in [0, 0.05) is 5.02 Å². The Morgan fingerprint density at radius 2 is 1.94 bits per heavy atom. The van der Waals surface area contributed by atoms with Crippen molar-refractivity contribution in [3.8, 4) is 0 Å². The normalized spacial score (nSPS) is 12.8. The van der Waals surface area contributed by atoms with Crippen molar-refractivity contribution in [2.75, 3.05) is 0 Å². The fraction of sp³-hybridized carbons (Fsp3) is 0.500. The predicted octanol–water partition coefficient (Wildman–Crippen LogP) is 3.66. The molecule has 0 amide bonds. The molecule has 3 nitrogen and oxygen atoms in total. The van der Waals surface area contributed by atoms with Crippen LogP contribution in [-0.2, 0) is 15.5 Å². The maximum Gasteiger partial charge on any atom is 0.294 e. The van der Waals surface area contributed by atoms with Gasteiger partial charge in [0.05, 0.1) is 4.90 Å². The molecule has 0 unspecified atom stereocenters. The molecule has 0 aliphatic rings. The SMILES string of the molecule is CCCC(C)(C)c1ccc(S(=O)(=O)O)cc1Cl. The Morgan fingerprint density at radius 1 is 1.35 bits per heavy atom. The van der Waals surface area contributed by atoms with Gasteiger partial charge in [-0.1, -0.05) is 44.9 Å². The number of hydrogen-bond donors (Lipinski definition) is 1. The van der Waals surface area contributed by atoms with Crippen molar-refractivity contribution in [2.24, 2.45) is 0 Å². The summed E-state index contributed by atoms with van der Waals surface area (Å²) in [4.78, 5) is -0.168. The lowest BCUT2D eigenvalue weighted by molar-refractivity contribution is 0.471. The van der Waals surface area contributed by atoms with Crippen LogP contribution in [0, 0.1) is 0 Å². The lowest BCUT2D eigenvalue weighted by Gasteiger charge is -2.26. The maximum absolute atomic E-state index is 11.0. The molecule has 1 aromatic rings. The lowest BCUT2D eigenvalue weighted by Crippen LogP contribution is -2.17. The first-order valence-corrected chi connectivity index (χ1v) is 7.28. The van der Waals surface area contributed by atoms with Gasteiger partial charge in [0.1, 0.15) is 0 Å². The van der Waals surface area contributed by atoms with Crippen LogP contribution in [0.15, 0.2) is 23.1 Å². The molecule has 1 aromatic carbocycles. The molecule has 0 fully saturated rings. The highest BCUT2D eigenvalue weighted by Crippen LogP contribution is 2.34. The van der Waals surface area contributed by atoms with E-state index in [2.05, 4.69) is 20.8 Å².